The lowest BCUT2D eigenvalue weighted by atomic mass is 10.0. The molecule has 0 aromatic carbocycles. The molecule has 5 nitrogen and oxygen atoms in total. The molecule has 0 radical (unpaired) electrons. The molecule has 1 aromatic rings. The van der Waals surface area contributed by atoms with Crippen LogP contribution in [0.15, 0.2) is 10.4 Å². The minimum atomic E-state index is -4.39. The third-order valence-corrected chi connectivity index (χ3v) is 4.92. The predicted octanol–water partition coefficient (Wildman–Crippen LogP) is 2.70. The molecule has 1 aliphatic heterocycles. The number of piperidine rings is 1. The summed E-state index contributed by atoms with van der Waals surface area (Å²) in [5.74, 6) is 0.599. The van der Waals surface area contributed by atoms with E-state index in [-0.39, 0.29) is 6.54 Å². The van der Waals surface area contributed by atoms with Crippen LogP contribution in [0.3, 0.4) is 0 Å². The van der Waals surface area contributed by atoms with Crippen molar-refractivity contribution in [3.63, 3.8) is 0 Å². The second-order valence-electron chi connectivity index (χ2n) is 6.10. The van der Waals surface area contributed by atoms with E-state index < -0.39 is 11.9 Å². The summed E-state index contributed by atoms with van der Waals surface area (Å²) < 4.78 is 37.6. The highest BCUT2D eigenvalue weighted by atomic mass is 32.1. The number of likely N-dealkylation sites (tertiary alicyclic amines) is 1. The lowest BCUT2D eigenvalue weighted by Gasteiger charge is -2.35. The molecule has 0 bridgehead atoms. The van der Waals surface area contributed by atoms with Gasteiger partial charge < -0.3 is 15.5 Å². The van der Waals surface area contributed by atoms with Gasteiger partial charge in [0.1, 0.15) is 5.01 Å². The molecule has 1 fully saturated rings. The maximum absolute atomic E-state index is 12.5. The van der Waals surface area contributed by atoms with Gasteiger partial charge in [-0.25, -0.2) is 4.98 Å². The summed E-state index contributed by atoms with van der Waals surface area (Å²) in [6.45, 7) is 6.68. The summed E-state index contributed by atoms with van der Waals surface area (Å²) in [6.07, 6.45) is -2.35. The minimum absolute atomic E-state index is 0.227. The quantitative estimate of drug-likeness (QED) is 0.638. The Hall–Kier alpha value is -1.35. The van der Waals surface area contributed by atoms with Crippen LogP contribution in [-0.2, 0) is 12.7 Å². The Morgan fingerprint density at radius 1 is 1.42 bits per heavy atom. The Balaban J connectivity index is 1.80. The fraction of sp³-hybridized carbons (Fsp3) is 0.733. The highest BCUT2D eigenvalue weighted by molar-refractivity contribution is 7.09. The first-order chi connectivity index (χ1) is 11.3. The van der Waals surface area contributed by atoms with Gasteiger partial charge in [0.25, 0.3) is 0 Å². The second kappa shape index (κ2) is 8.15. The molecule has 0 aliphatic carbocycles. The van der Waals surface area contributed by atoms with Crippen LogP contribution in [0.25, 0.3) is 0 Å². The molecule has 0 unspecified atom stereocenters. The highest BCUT2D eigenvalue weighted by Gasteiger charge is 2.33. The molecular weight excluding hydrogens is 339 g/mol. The number of nitrogens with one attached hydrogen (secondary N) is 2. The zero-order valence-corrected chi connectivity index (χ0v) is 15.0. The van der Waals surface area contributed by atoms with Gasteiger partial charge in [0, 0.05) is 37.6 Å². The van der Waals surface area contributed by atoms with Gasteiger partial charge >= 0.3 is 6.18 Å². The number of alkyl halides is 3. The fourth-order valence-electron chi connectivity index (χ4n) is 2.63. The molecule has 1 saturated heterocycles. The Bertz CT molecular complexity index is 548. The first kappa shape index (κ1) is 19.0. The summed E-state index contributed by atoms with van der Waals surface area (Å²) >= 11 is 0.995. The Morgan fingerprint density at radius 2 is 2.08 bits per heavy atom. The smallest absolute Gasteiger partial charge is 0.354 e. The number of rotatable bonds is 4. The summed E-state index contributed by atoms with van der Waals surface area (Å²) in [4.78, 5) is 10.2. The van der Waals surface area contributed by atoms with E-state index in [1.165, 1.54) is 0 Å². The van der Waals surface area contributed by atoms with Crippen molar-refractivity contribution in [2.75, 3.05) is 20.1 Å². The van der Waals surface area contributed by atoms with Gasteiger partial charge in [-0.05, 0) is 26.7 Å². The van der Waals surface area contributed by atoms with Crippen molar-refractivity contribution in [2.45, 2.75) is 51.5 Å². The monoisotopic (exact) mass is 363 g/mol. The average Bonchev–Trinajstić information content (AvgIpc) is 3.01. The van der Waals surface area contributed by atoms with Crippen LogP contribution in [0.2, 0.25) is 0 Å². The zero-order valence-electron chi connectivity index (χ0n) is 14.2. The van der Waals surface area contributed by atoms with Gasteiger partial charge in [0.2, 0.25) is 0 Å². The average molecular weight is 363 g/mol. The van der Waals surface area contributed by atoms with E-state index in [4.69, 9.17) is 0 Å². The number of aliphatic imine (C=N–C) groups is 1. The molecule has 2 heterocycles. The van der Waals surface area contributed by atoms with E-state index in [0.717, 1.165) is 42.6 Å². The van der Waals surface area contributed by atoms with Gasteiger partial charge in [0.05, 0.1) is 6.54 Å². The molecule has 136 valence electrons. The van der Waals surface area contributed by atoms with Crippen molar-refractivity contribution >= 4 is 17.3 Å². The lowest BCUT2D eigenvalue weighted by Crippen LogP contribution is -2.49. The normalized spacial score (nSPS) is 18.2. The van der Waals surface area contributed by atoms with Gasteiger partial charge in [0.15, 0.2) is 11.7 Å². The number of halogens is 3. The molecule has 0 spiro atoms. The fourth-order valence-corrected chi connectivity index (χ4v) is 3.37. The van der Waals surface area contributed by atoms with E-state index in [0.29, 0.717) is 23.1 Å². The van der Waals surface area contributed by atoms with Crippen molar-refractivity contribution in [3.05, 3.63) is 16.1 Å². The third kappa shape index (κ3) is 5.34. The summed E-state index contributed by atoms with van der Waals surface area (Å²) in [5.41, 5.74) is -0.840. The number of hydrogen-bond acceptors (Lipinski definition) is 4. The van der Waals surface area contributed by atoms with Gasteiger partial charge in [-0.15, -0.1) is 11.3 Å². The molecular formula is C15H24F3N5S. The molecule has 0 atom stereocenters. The van der Waals surface area contributed by atoms with E-state index >= 15 is 0 Å². The predicted molar refractivity (Wildman–Crippen MR) is 90.2 cm³/mol. The third-order valence-electron chi connectivity index (χ3n) is 4.07. The van der Waals surface area contributed by atoms with Crippen molar-refractivity contribution in [3.8, 4) is 0 Å². The largest absolute Gasteiger partial charge is 0.434 e. The molecule has 9 heteroatoms. The number of thiazole rings is 1. The van der Waals surface area contributed by atoms with Crippen LogP contribution in [0.5, 0.6) is 0 Å². The van der Waals surface area contributed by atoms with Crippen LogP contribution in [-0.4, -0.2) is 48.1 Å². The maximum Gasteiger partial charge on any atom is 0.434 e. The maximum atomic E-state index is 12.5. The molecule has 0 saturated carbocycles. The van der Waals surface area contributed by atoms with Gasteiger partial charge in [-0.3, -0.25) is 4.99 Å². The molecule has 1 aliphatic rings. The number of guanidine groups is 1. The van der Waals surface area contributed by atoms with Crippen molar-refractivity contribution in [1.29, 1.82) is 0 Å². The topological polar surface area (TPSA) is 52.6 Å². The van der Waals surface area contributed by atoms with Crippen molar-refractivity contribution in [1.82, 2.24) is 20.5 Å². The lowest BCUT2D eigenvalue weighted by molar-refractivity contribution is -0.140. The Labute approximate surface area is 144 Å². The Morgan fingerprint density at radius 3 is 2.58 bits per heavy atom. The standard InChI is InChI=1S/C15H24F3N5S/c1-10(2)23-6-4-11(5-7-23)21-14(19-3)20-8-13-22-12(9-24-13)15(16,17)18/h9-11H,4-8H2,1-3H3,(H2,19,20,21). The number of nitrogens with zero attached hydrogens (tertiary/aromatic N) is 3. The van der Waals surface area contributed by atoms with E-state index in [9.17, 15) is 13.2 Å². The summed E-state index contributed by atoms with van der Waals surface area (Å²) in [7, 11) is 1.65. The van der Waals surface area contributed by atoms with Crippen LogP contribution < -0.4 is 10.6 Å². The zero-order chi connectivity index (χ0) is 17.7. The van der Waals surface area contributed by atoms with Crippen LogP contribution >= 0.6 is 11.3 Å². The number of hydrogen-bond donors (Lipinski definition) is 2. The molecule has 1 aromatic heterocycles. The van der Waals surface area contributed by atoms with E-state index in [1.54, 1.807) is 7.05 Å². The Kier molecular flexibility index (Phi) is 6.45. The number of aromatic nitrogens is 1. The first-order valence-corrected chi connectivity index (χ1v) is 8.90. The summed E-state index contributed by atoms with van der Waals surface area (Å²) in [6, 6.07) is 0.879. The SMILES string of the molecule is CN=C(NCc1nc(C(F)(F)F)cs1)NC1CCN(C(C)C)CC1. The minimum Gasteiger partial charge on any atom is -0.354 e. The second-order valence-corrected chi connectivity index (χ2v) is 7.04. The van der Waals surface area contributed by atoms with Gasteiger partial charge in [-0.1, -0.05) is 0 Å². The summed E-state index contributed by atoms with van der Waals surface area (Å²) in [5, 5.41) is 7.80. The molecule has 2 N–H and O–H groups in total. The van der Waals surface area contributed by atoms with Crippen molar-refractivity contribution in [2.24, 2.45) is 4.99 Å². The van der Waals surface area contributed by atoms with Crippen LogP contribution in [0, 0.1) is 0 Å². The van der Waals surface area contributed by atoms with E-state index in [2.05, 4.69) is 39.4 Å². The first-order valence-electron chi connectivity index (χ1n) is 8.02. The van der Waals surface area contributed by atoms with Gasteiger partial charge in [-0.2, -0.15) is 13.2 Å². The van der Waals surface area contributed by atoms with Crippen molar-refractivity contribution < 1.29 is 13.2 Å². The molecule has 0 amide bonds. The molecule has 24 heavy (non-hydrogen) atoms. The van der Waals surface area contributed by atoms with Crippen LogP contribution in [0.4, 0.5) is 13.2 Å². The highest BCUT2D eigenvalue weighted by Crippen LogP contribution is 2.29. The van der Waals surface area contributed by atoms with E-state index in [1.807, 2.05) is 0 Å². The van der Waals surface area contributed by atoms with Crippen LogP contribution in [0.1, 0.15) is 37.4 Å². The molecule has 2 rings (SSSR count).